The van der Waals surface area contributed by atoms with Crippen molar-refractivity contribution in [3.05, 3.63) is 22.7 Å². The van der Waals surface area contributed by atoms with Crippen LogP contribution in [-0.4, -0.2) is 60.8 Å². The fraction of sp³-hybridized carbons (Fsp3) is 0.714. The maximum absolute atomic E-state index is 12.4. The van der Waals surface area contributed by atoms with Gasteiger partial charge in [-0.25, -0.2) is 4.98 Å². The summed E-state index contributed by atoms with van der Waals surface area (Å²) in [5.74, 6) is 0.578. The normalized spacial score (nSPS) is 20.1. The molecule has 6 nitrogen and oxygen atoms in total. The first-order valence-electron chi connectivity index (χ1n) is 7.47. The first kappa shape index (κ1) is 13.6. The van der Waals surface area contributed by atoms with Crippen LogP contribution >= 0.6 is 0 Å². The van der Waals surface area contributed by atoms with Crippen molar-refractivity contribution in [3.8, 4) is 0 Å². The summed E-state index contributed by atoms with van der Waals surface area (Å²) in [6, 6.07) is 0.408. The molecule has 2 heterocycles. The van der Waals surface area contributed by atoms with Crippen LogP contribution in [0.4, 0.5) is 5.82 Å². The van der Waals surface area contributed by atoms with E-state index in [-0.39, 0.29) is 5.56 Å². The number of hydrogen-bond acceptors (Lipinski definition) is 5. The zero-order chi connectivity index (χ0) is 13.9. The molecule has 1 aliphatic heterocycles. The van der Waals surface area contributed by atoms with Gasteiger partial charge in [0.05, 0.1) is 0 Å². The predicted molar refractivity (Wildman–Crippen MR) is 79.3 cm³/mol. The van der Waals surface area contributed by atoms with Gasteiger partial charge in [-0.2, -0.15) is 0 Å². The van der Waals surface area contributed by atoms with Crippen LogP contribution in [0.15, 0.2) is 17.2 Å². The third-order valence-electron chi connectivity index (χ3n) is 4.11. The Balaban J connectivity index is 1.63. The van der Waals surface area contributed by atoms with Gasteiger partial charge in [0, 0.05) is 64.8 Å². The van der Waals surface area contributed by atoms with E-state index in [0.717, 1.165) is 52.1 Å². The summed E-state index contributed by atoms with van der Waals surface area (Å²) in [6.07, 6.45) is 5.80. The molecule has 0 aromatic carbocycles. The Hall–Kier alpha value is -1.40. The van der Waals surface area contributed by atoms with E-state index in [9.17, 15) is 4.79 Å². The van der Waals surface area contributed by atoms with Gasteiger partial charge < -0.3 is 14.8 Å². The van der Waals surface area contributed by atoms with Crippen LogP contribution in [0.5, 0.6) is 0 Å². The summed E-state index contributed by atoms with van der Waals surface area (Å²) >= 11 is 0. The molecule has 3 rings (SSSR count). The average Bonchev–Trinajstić information content (AvgIpc) is 3.31. The molecule has 1 saturated carbocycles. The molecule has 1 aromatic heterocycles. The van der Waals surface area contributed by atoms with E-state index < -0.39 is 0 Å². The SMILES string of the molecule is CN(CCN1CCNCC1)c1nccn(C2CC2)c1=O. The van der Waals surface area contributed by atoms with Gasteiger partial charge in [0.1, 0.15) is 0 Å². The van der Waals surface area contributed by atoms with Gasteiger partial charge in [0.25, 0.3) is 5.56 Å². The number of aromatic nitrogens is 2. The largest absolute Gasteiger partial charge is 0.354 e. The third-order valence-corrected chi connectivity index (χ3v) is 4.11. The lowest BCUT2D eigenvalue weighted by Crippen LogP contribution is -2.46. The van der Waals surface area contributed by atoms with Crippen molar-refractivity contribution in [1.82, 2.24) is 19.8 Å². The molecule has 1 N–H and O–H groups in total. The molecule has 1 aliphatic carbocycles. The Morgan fingerprint density at radius 1 is 1.40 bits per heavy atom. The second-order valence-corrected chi connectivity index (χ2v) is 5.71. The highest BCUT2D eigenvalue weighted by molar-refractivity contribution is 5.34. The van der Waals surface area contributed by atoms with Gasteiger partial charge >= 0.3 is 0 Å². The number of nitrogens with zero attached hydrogens (tertiary/aromatic N) is 4. The summed E-state index contributed by atoms with van der Waals surface area (Å²) in [5.41, 5.74) is 0.0535. The first-order chi connectivity index (χ1) is 9.75. The van der Waals surface area contributed by atoms with Crippen LogP contribution in [0.1, 0.15) is 18.9 Å². The zero-order valence-corrected chi connectivity index (χ0v) is 12.1. The Kier molecular flexibility index (Phi) is 4.03. The molecular weight excluding hydrogens is 254 g/mol. The Morgan fingerprint density at radius 2 is 2.15 bits per heavy atom. The average molecular weight is 277 g/mol. The molecule has 1 aromatic rings. The lowest BCUT2D eigenvalue weighted by atomic mass is 10.3. The van der Waals surface area contributed by atoms with Crippen LogP contribution in [0, 0.1) is 0 Å². The second-order valence-electron chi connectivity index (χ2n) is 5.71. The van der Waals surface area contributed by atoms with E-state index >= 15 is 0 Å². The van der Waals surface area contributed by atoms with E-state index in [1.807, 2.05) is 22.7 Å². The number of rotatable bonds is 5. The van der Waals surface area contributed by atoms with Crippen molar-refractivity contribution in [1.29, 1.82) is 0 Å². The van der Waals surface area contributed by atoms with Crippen molar-refractivity contribution in [2.75, 3.05) is 51.2 Å². The van der Waals surface area contributed by atoms with Gasteiger partial charge in [0.15, 0.2) is 5.82 Å². The van der Waals surface area contributed by atoms with Crippen molar-refractivity contribution in [2.45, 2.75) is 18.9 Å². The third kappa shape index (κ3) is 3.02. The van der Waals surface area contributed by atoms with Crippen molar-refractivity contribution in [2.24, 2.45) is 0 Å². The molecule has 1 saturated heterocycles. The highest BCUT2D eigenvalue weighted by Crippen LogP contribution is 2.33. The Morgan fingerprint density at radius 3 is 2.85 bits per heavy atom. The second kappa shape index (κ2) is 5.93. The number of anilines is 1. The predicted octanol–water partition coefficient (Wildman–Crippen LogP) is -0.0804. The minimum atomic E-state index is 0.0535. The first-order valence-corrected chi connectivity index (χ1v) is 7.47. The zero-order valence-electron chi connectivity index (χ0n) is 12.1. The van der Waals surface area contributed by atoms with Crippen LogP contribution in [0.2, 0.25) is 0 Å². The highest BCUT2D eigenvalue weighted by atomic mass is 16.1. The van der Waals surface area contributed by atoms with E-state index in [2.05, 4.69) is 15.2 Å². The van der Waals surface area contributed by atoms with E-state index in [4.69, 9.17) is 0 Å². The summed E-state index contributed by atoms with van der Waals surface area (Å²) in [4.78, 5) is 21.1. The topological polar surface area (TPSA) is 53.4 Å². The van der Waals surface area contributed by atoms with Crippen LogP contribution in [0.25, 0.3) is 0 Å². The molecule has 6 heteroatoms. The molecule has 0 amide bonds. The van der Waals surface area contributed by atoms with Gasteiger partial charge in [-0.15, -0.1) is 0 Å². The van der Waals surface area contributed by atoms with Crippen LogP contribution in [-0.2, 0) is 0 Å². The molecule has 110 valence electrons. The molecule has 20 heavy (non-hydrogen) atoms. The summed E-state index contributed by atoms with van der Waals surface area (Å²) in [5, 5.41) is 3.35. The number of likely N-dealkylation sites (N-methyl/N-ethyl adjacent to an activating group) is 1. The smallest absolute Gasteiger partial charge is 0.293 e. The van der Waals surface area contributed by atoms with Crippen molar-refractivity contribution >= 4 is 5.82 Å². The summed E-state index contributed by atoms with van der Waals surface area (Å²) < 4.78 is 1.84. The minimum absolute atomic E-state index is 0.0535. The highest BCUT2D eigenvalue weighted by Gasteiger charge is 2.25. The minimum Gasteiger partial charge on any atom is -0.354 e. The fourth-order valence-electron chi connectivity index (χ4n) is 2.65. The lowest BCUT2D eigenvalue weighted by Gasteiger charge is -2.29. The number of hydrogen-bond donors (Lipinski definition) is 1. The van der Waals surface area contributed by atoms with E-state index in [0.29, 0.717) is 11.9 Å². The van der Waals surface area contributed by atoms with Crippen molar-refractivity contribution < 1.29 is 0 Å². The molecule has 0 radical (unpaired) electrons. The quantitative estimate of drug-likeness (QED) is 0.816. The maximum Gasteiger partial charge on any atom is 0.293 e. The van der Waals surface area contributed by atoms with E-state index in [1.165, 1.54) is 0 Å². The van der Waals surface area contributed by atoms with Gasteiger partial charge in [0.2, 0.25) is 0 Å². The fourth-order valence-corrected chi connectivity index (χ4v) is 2.65. The Labute approximate surface area is 119 Å². The molecule has 2 fully saturated rings. The van der Waals surface area contributed by atoms with Gasteiger partial charge in [-0.1, -0.05) is 0 Å². The van der Waals surface area contributed by atoms with E-state index in [1.54, 1.807) is 6.20 Å². The van der Waals surface area contributed by atoms with Gasteiger partial charge in [-0.3, -0.25) is 9.69 Å². The maximum atomic E-state index is 12.4. The summed E-state index contributed by atoms with van der Waals surface area (Å²) in [6.45, 7) is 6.11. The van der Waals surface area contributed by atoms with Crippen LogP contribution < -0.4 is 15.8 Å². The lowest BCUT2D eigenvalue weighted by molar-refractivity contribution is 0.246. The molecule has 0 unspecified atom stereocenters. The van der Waals surface area contributed by atoms with Crippen LogP contribution in [0.3, 0.4) is 0 Å². The number of piperazine rings is 1. The summed E-state index contributed by atoms with van der Waals surface area (Å²) in [7, 11) is 1.96. The molecule has 0 atom stereocenters. The van der Waals surface area contributed by atoms with Crippen molar-refractivity contribution in [3.63, 3.8) is 0 Å². The Bertz CT molecular complexity index is 505. The monoisotopic (exact) mass is 277 g/mol. The molecule has 0 bridgehead atoms. The molecule has 0 spiro atoms. The standard InChI is InChI=1S/C14H23N5O/c1-17(10-11-18-7-4-15-5-8-18)13-14(20)19(9-6-16-13)12-2-3-12/h6,9,12,15H,2-5,7-8,10-11H2,1H3. The molecule has 2 aliphatic rings. The van der Waals surface area contributed by atoms with Gasteiger partial charge in [-0.05, 0) is 12.8 Å². The number of nitrogens with one attached hydrogen (secondary N) is 1. The molecular formula is C14H23N5O.